The normalized spacial score (nSPS) is 11.3. The van der Waals surface area contributed by atoms with Crippen LogP contribution in [0.4, 0.5) is 17.1 Å². The molecule has 0 saturated heterocycles. The highest BCUT2D eigenvalue weighted by atomic mass is 32.2. The number of rotatable bonds is 4. The zero-order chi connectivity index (χ0) is 18.0. The molecular weight excluding hydrogens is 340 g/mol. The van der Waals surface area contributed by atoms with Crippen LogP contribution < -0.4 is 10.6 Å². The minimum Gasteiger partial charge on any atom is -0.355 e. The minimum atomic E-state index is -4.22. The minimum absolute atomic E-state index is 0.135. The fourth-order valence-corrected chi connectivity index (χ4v) is 3.02. The van der Waals surface area contributed by atoms with Crippen LogP contribution in [-0.2, 0) is 14.9 Å². The molecule has 1 amide bonds. The first kappa shape index (κ1) is 16.9. The molecule has 0 aliphatic rings. The van der Waals surface area contributed by atoms with Gasteiger partial charge in [-0.15, -0.1) is 0 Å². The van der Waals surface area contributed by atoms with Crippen molar-refractivity contribution in [3.63, 3.8) is 0 Å². The number of hydrogen-bond donors (Lipinski definition) is 3. The van der Waals surface area contributed by atoms with Gasteiger partial charge in [0.05, 0.1) is 4.90 Å². The average molecular weight is 356 g/mol. The Labute approximate surface area is 145 Å². The summed E-state index contributed by atoms with van der Waals surface area (Å²) in [6, 6.07) is 17.2. The monoisotopic (exact) mass is 356 g/mol. The highest BCUT2D eigenvalue weighted by molar-refractivity contribution is 7.85. The Morgan fingerprint density at radius 2 is 1.52 bits per heavy atom. The lowest BCUT2D eigenvalue weighted by Gasteiger charge is -2.10. The summed E-state index contributed by atoms with van der Waals surface area (Å²) in [7, 11) is -4.22. The lowest BCUT2D eigenvalue weighted by atomic mass is 10.1. The van der Waals surface area contributed by atoms with E-state index in [1.165, 1.54) is 19.1 Å². The molecule has 0 unspecified atom stereocenters. The van der Waals surface area contributed by atoms with Crippen molar-refractivity contribution in [1.29, 1.82) is 0 Å². The Morgan fingerprint density at radius 1 is 0.880 bits per heavy atom. The summed E-state index contributed by atoms with van der Waals surface area (Å²) in [5.74, 6) is -0.141. The highest BCUT2D eigenvalue weighted by Gasteiger charge is 2.10. The van der Waals surface area contributed by atoms with Gasteiger partial charge < -0.3 is 10.6 Å². The number of anilines is 3. The van der Waals surface area contributed by atoms with Crippen LogP contribution in [0.25, 0.3) is 10.8 Å². The predicted molar refractivity (Wildman–Crippen MR) is 97.8 cm³/mol. The van der Waals surface area contributed by atoms with Crippen LogP contribution in [0.5, 0.6) is 0 Å². The van der Waals surface area contributed by atoms with Gasteiger partial charge in [-0.25, -0.2) is 0 Å². The molecule has 3 aromatic carbocycles. The standard InChI is InChI=1S/C18H16N2O4S/c1-12(21)19-15-3-2-4-16(11-15)20-17-7-5-14-10-18(25(22,23)24)8-6-13(14)9-17/h2-11,20H,1H3,(H,19,21)(H,22,23,24). The third-order valence-corrected chi connectivity index (χ3v) is 4.43. The van der Waals surface area contributed by atoms with Crippen LogP contribution in [0.1, 0.15) is 6.92 Å². The van der Waals surface area contributed by atoms with Crippen LogP contribution in [0.2, 0.25) is 0 Å². The Balaban J connectivity index is 1.89. The van der Waals surface area contributed by atoms with Crippen LogP contribution in [0, 0.1) is 0 Å². The molecule has 0 heterocycles. The summed E-state index contributed by atoms with van der Waals surface area (Å²) < 4.78 is 31.5. The van der Waals surface area contributed by atoms with Gasteiger partial charge in [0.1, 0.15) is 0 Å². The van der Waals surface area contributed by atoms with E-state index in [1.807, 2.05) is 24.3 Å². The molecule has 0 aliphatic heterocycles. The first-order valence-corrected chi connectivity index (χ1v) is 8.91. The summed E-state index contributed by atoms with van der Waals surface area (Å²) >= 11 is 0. The molecule has 0 atom stereocenters. The molecule has 0 saturated carbocycles. The number of carbonyl (C=O) groups excluding carboxylic acids is 1. The number of benzene rings is 3. The maximum absolute atomic E-state index is 11.2. The summed E-state index contributed by atoms with van der Waals surface area (Å²) in [6.45, 7) is 1.45. The third-order valence-electron chi connectivity index (χ3n) is 3.58. The van der Waals surface area contributed by atoms with Gasteiger partial charge in [-0.2, -0.15) is 8.42 Å². The van der Waals surface area contributed by atoms with E-state index in [1.54, 1.807) is 24.3 Å². The van der Waals surface area contributed by atoms with Crippen molar-refractivity contribution in [3.8, 4) is 0 Å². The first-order chi connectivity index (χ1) is 11.8. The van der Waals surface area contributed by atoms with Crippen molar-refractivity contribution in [1.82, 2.24) is 0 Å². The molecule has 25 heavy (non-hydrogen) atoms. The van der Waals surface area contributed by atoms with E-state index in [9.17, 15) is 13.2 Å². The second kappa shape index (κ2) is 6.54. The zero-order valence-electron chi connectivity index (χ0n) is 13.4. The average Bonchev–Trinajstić information content (AvgIpc) is 2.53. The van der Waals surface area contributed by atoms with Gasteiger partial charge in [0.15, 0.2) is 0 Å². The summed E-state index contributed by atoms with van der Waals surface area (Å²) in [5.41, 5.74) is 2.31. The lowest BCUT2D eigenvalue weighted by molar-refractivity contribution is -0.114. The topological polar surface area (TPSA) is 95.5 Å². The molecular formula is C18H16N2O4S. The molecule has 0 aromatic heterocycles. The number of fused-ring (bicyclic) bond motifs is 1. The van der Waals surface area contributed by atoms with Gasteiger partial charge in [0.2, 0.25) is 5.91 Å². The molecule has 0 aliphatic carbocycles. The van der Waals surface area contributed by atoms with Crippen molar-refractivity contribution >= 4 is 43.9 Å². The van der Waals surface area contributed by atoms with E-state index in [4.69, 9.17) is 4.55 Å². The number of amides is 1. The van der Waals surface area contributed by atoms with Gasteiger partial charge in [0, 0.05) is 24.0 Å². The van der Waals surface area contributed by atoms with Crippen molar-refractivity contribution in [2.24, 2.45) is 0 Å². The first-order valence-electron chi connectivity index (χ1n) is 7.47. The van der Waals surface area contributed by atoms with E-state index >= 15 is 0 Å². The van der Waals surface area contributed by atoms with E-state index in [0.717, 1.165) is 16.8 Å². The Bertz CT molecular complexity index is 1060. The predicted octanol–water partition coefficient (Wildman–Crippen LogP) is 3.79. The number of hydrogen-bond acceptors (Lipinski definition) is 4. The maximum Gasteiger partial charge on any atom is 0.294 e. The molecule has 3 aromatic rings. The van der Waals surface area contributed by atoms with Gasteiger partial charge in [0.25, 0.3) is 10.1 Å². The molecule has 128 valence electrons. The quantitative estimate of drug-likeness (QED) is 0.618. The summed E-state index contributed by atoms with van der Waals surface area (Å²) in [6.07, 6.45) is 0. The van der Waals surface area contributed by atoms with Gasteiger partial charge in [-0.1, -0.05) is 18.2 Å². The van der Waals surface area contributed by atoms with Gasteiger partial charge in [-0.3, -0.25) is 9.35 Å². The van der Waals surface area contributed by atoms with Crippen LogP contribution >= 0.6 is 0 Å². The van der Waals surface area contributed by atoms with Crippen LogP contribution in [0.3, 0.4) is 0 Å². The molecule has 3 rings (SSSR count). The Morgan fingerprint density at radius 3 is 2.24 bits per heavy atom. The second-order valence-corrected chi connectivity index (χ2v) is 7.01. The molecule has 0 bridgehead atoms. The smallest absolute Gasteiger partial charge is 0.294 e. The molecule has 0 spiro atoms. The van der Waals surface area contributed by atoms with Gasteiger partial charge >= 0.3 is 0 Å². The SMILES string of the molecule is CC(=O)Nc1cccc(Nc2ccc3cc(S(=O)(=O)O)ccc3c2)c1. The second-order valence-electron chi connectivity index (χ2n) is 5.59. The van der Waals surface area contributed by atoms with Crippen molar-refractivity contribution < 1.29 is 17.8 Å². The summed E-state index contributed by atoms with van der Waals surface area (Å²) in [4.78, 5) is 11.0. The van der Waals surface area contributed by atoms with E-state index in [2.05, 4.69) is 10.6 Å². The van der Waals surface area contributed by atoms with Crippen molar-refractivity contribution in [3.05, 3.63) is 60.7 Å². The Hall–Kier alpha value is -2.90. The summed E-state index contributed by atoms with van der Waals surface area (Å²) in [5, 5.41) is 7.49. The molecule has 7 heteroatoms. The van der Waals surface area contributed by atoms with E-state index in [-0.39, 0.29) is 10.8 Å². The fourth-order valence-electron chi connectivity index (χ4n) is 2.51. The van der Waals surface area contributed by atoms with Crippen molar-refractivity contribution in [2.75, 3.05) is 10.6 Å². The van der Waals surface area contributed by atoms with Crippen molar-refractivity contribution in [2.45, 2.75) is 11.8 Å². The maximum atomic E-state index is 11.2. The molecule has 0 radical (unpaired) electrons. The van der Waals surface area contributed by atoms with Crippen LogP contribution in [-0.4, -0.2) is 18.9 Å². The van der Waals surface area contributed by atoms with Gasteiger partial charge in [-0.05, 0) is 53.2 Å². The molecule has 3 N–H and O–H groups in total. The fraction of sp³-hybridized carbons (Fsp3) is 0.0556. The highest BCUT2D eigenvalue weighted by Crippen LogP contribution is 2.25. The third kappa shape index (κ3) is 4.14. The molecule has 0 fully saturated rings. The van der Waals surface area contributed by atoms with E-state index < -0.39 is 10.1 Å². The number of carbonyl (C=O) groups is 1. The van der Waals surface area contributed by atoms with Crippen LogP contribution in [0.15, 0.2) is 65.6 Å². The zero-order valence-corrected chi connectivity index (χ0v) is 14.2. The van der Waals surface area contributed by atoms with E-state index in [0.29, 0.717) is 11.1 Å². The lowest BCUT2D eigenvalue weighted by Crippen LogP contribution is -2.05. The Kier molecular flexibility index (Phi) is 4.43. The largest absolute Gasteiger partial charge is 0.355 e. The molecule has 6 nitrogen and oxygen atoms in total. The number of nitrogens with one attached hydrogen (secondary N) is 2.